The third-order valence-corrected chi connectivity index (χ3v) is 4.24. The molecule has 1 aliphatic heterocycles. The van der Waals surface area contributed by atoms with Gasteiger partial charge < -0.3 is 9.80 Å². The molecule has 0 unspecified atom stereocenters. The van der Waals surface area contributed by atoms with Crippen LogP contribution in [0.5, 0.6) is 0 Å². The highest BCUT2D eigenvalue weighted by molar-refractivity contribution is 5.65. The molecule has 0 N–H and O–H groups in total. The summed E-state index contributed by atoms with van der Waals surface area (Å²) in [5.74, 6) is 0. The molecule has 2 aromatic carbocycles. The normalized spacial score (nSPS) is 15.3. The Morgan fingerprint density at radius 1 is 0.920 bits per heavy atom. The van der Waals surface area contributed by atoms with E-state index in [4.69, 9.17) is 0 Å². The van der Waals surface area contributed by atoms with Crippen LogP contribution < -0.4 is 9.80 Å². The van der Waals surface area contributed by atoms with Crippen LogP contribution in [0.4, 0.5) is 30.2 Å². The minimum atomic E-state index is -4.60. The van der Waals surface area contributed by atoms with Gasteiger partial charge in [0.25, 0.3) is 5.69 Å². The Balaban J connectivity index is 1.80. The molecule has 0 amide bonds. The van der Waals surface area contributed by atoms with Crippen LogP contribution >= 0.6 is 0 Å². The molecular formula is C17H16F3N3O2. The smallest absolute Gasteiger partial charge is 0.368 e. The third-order valence-electron chi connectivity index (χ3n) is 4.24. The van der Waals surface area contributed by atoms with E-state index in [1.807, 2.05) is 30.3 Å². The van der Waals surface area contributed by atoms with Crippen LogP contribution in [0.2, 0.25) is 0 Å². The third kappa shape index (κ3) is 3.67. The standard InChI is InChI=1S/C17H16F3N3O2/c18-17(19,20)13-6-7-15(16(12-13)23(24)25)22-10-8-21(9-11-22)14-4-2-1-3-5-14/h1-7,12H,8-11H2. The van der Waals surface area contributed by atoms with Crippen LogP contribution in [0.3, 0.4) is 0 Å². The predicted octanol–water partition coefficient (Wildman–Crippen LogP) is 3.94. The number of anilines is 2. The summed E-state index contributed by atoms with van der Waals surface area (Å²) in [4.78, 5) is 14.4. The lowest BCUT2D eigenvalue weighted by Gasteiger charge is -2.37. The van der Waals surface area contributed by atoms with Crippen LogP contribution in [0, 0.1) is 10.1 Å². The Labute approximate surface area is 142 Å². The molecule has 5 nitrogen and oxygen atoms in total. The topological polar surface area (TPSA) is 49.6 Å². The monoisotopic (exact) mass is 351 g/mol. The van der Waals surface area contributed by atoms with Gasteiger partial charge >= 0.3 is 6.18 Å². The van der Waals surface area contributed by atoms with Gasteiger partial charge in [0.15, 0.2) is 0 Å². The van der Waals surface area contributed by atoms with E-state index in [9.17, 15) is 23.3 Å². The van der Waals surface area contributed by atoms with Crippen molar-refractivity contribution in [2.45, 2.75) is 6.18 Å². The summed E-state index contributed by atoms with van der Waals surface area (Å²) in [6.45, 7) is 2.28. The first-order valence-electron chi connectivity index (χ1n) is 7.77. The second-order valence-corrected chi connectivity index (χ2v) is 5.77. The van der Waals surface area contributed by atoms with E-state index in [1.54, 1.807) is 4.90 Å². The van der Waals surface area contributed by atoms with E-state index in [0.717, 1.165) is 11.8 Å². The first-order chi connectivity index (χ1) is 11.9. The molecule has 1 saturated heterocycles. The van der Waals surface area contributed by atoms with E-state index < -0.39 is 22.4 Å². The molecule has 1 aliphatic rings. The van der Waals surface area contributed by atoms with Crippen molar-refractivity contribution in [2.24, 2.45) is 0 Å². The van der Waals surface area contributed by atoms with Crippen molar-refractivity contribution in [1.82, 2.24) is 0 Å². The number of halogens is 3. The molecule has 2 aromatic rings. The highest BCUT2D eigenvalue weighted by Crippen LogP contribution is 2.36. The minimum absolute atomic E-state index is 0.228. The van der Waals surface area contributed by atoms with Crippen molar-refractivity contribution >= 4 is 17.1 Å². The van der Waals surface area contributed by atoms with E-state index in [0.29, 0.717) is 32.2 Å². The van der Waals surface area contributed by atoms with Gasteiger partial charge in [0, 0.05) is 37.9 Å². The number of nitro groups is 1. The SMILES string of the molecule is O=[N+]([O-])c1cc(C(F)(F)F)ccc1N1CCN(c2ccccc2)CC1. The summed E-state index contributed by atoms with van der Waals surface area (Å²) in [6.07, 6.45) is -4.60. The maximum atomic E-state index is 12.8. The van der Waals surface area contributed by atoms with Gasteiger partial charge in [0.1, 0.15) is 5.69 Å². The van der Waals surface area contributed by atoms with Crippen molar-refractivity contribution in [1.29, 1.82) is 0 Å². The molecule has 0 aromatic heterocycles. The van der Waals surface area contributed by atoms with Crippen molar-refractivity contribution in [3.63, 3.8) is 0 Å². The number of nitro benzene ring substituents is 1. The fraction of sp³-hybridized carbons (Fsp3) is 0.294. The molecule has 0 saturated carbocycles. The molecule has 0 aliphatic carbocycles. The minimum Gasteiger partial charge on any atom is -0.368 e. The fourth-order valence-corrected chi connectivity index (χ4v) is 2.96. The number of alkyl halides is 3. The molecule has 0 spiro atoms. The average Bonchev–Trinajstić information content (AvgIpc) is 2.61. The Morgan fingerprint density at radius 3 is 2.08 bits per heavy atom. The maximum absolute atomic E-state index is 12.8. The Hall–Kier alpha value is -2.77. The van der Waals surface area contributed by atoms with Crippen LogP contribution in [0.25, 0.3) is 0 Å². The summed E-state index contributed by atoms with van der Waals surface area (Å²) in [7, 11) is 0. The van der Waals surface area contributed by atoms with Crippen LogP contribution in [0.15, 0.2) is 48.5 Å². The Kier molecular flexibility index (Phi) is 4.52. The molecule has 25 heavy (non-hydrogen) atoms. The summed E-state index contributed by atoms with van der Waals surface area (Å²) in [5, 5.41) is 11.2. The fourth-order valence-electron chi connectivity index (χ4n) is 2.96. The predicted molar refractivity (Wildman–Crippen MR) is 89.0 cm³/mol. The maximum Gasteiger partial charge on any atom is 0.416 e. The number of nitrogens with zero attached hydrogens (tertiary/aromatic N) is 3. The second kappa shape index (κ2) is 6.62. The quantitative estimate of drug-likeness (QED) is 0.621. The van der Waals surface area contributed by atoms with Gasteiger partial charge in [-0.2, -0.15) is 13.2 Å². The van der Waals surface area contributed by atoms with E-state index in [-0.39, 0.29) is 5.69 Å². The zero-order valence-electron chi connectivity index (χ0n) is 13.2. The zero-order valence-corrected chi connectivity index (χ0v) is 13.2. The number of hydrogen-bond acceptors (Lipinski definition) is 4. The lowest BCUT2D eigenvalue weighted by atomic mass is 10.1. The van der Waals surface area contributed by atoms with E-state index in [1.165, 1.54) is 6.07 Å². The highest BCUT2D eigenvalue weighted by Gasteiger charge is 2.34. The van der Waals surface area contributed by atoms with Gasteiger partial charge in [-0.05, 0) is 24.3 Å². The number of piperazine rings is 1. The molecule has 3 rings (SSSR count). The first-order valence-corrected chi connectivity index (χ1v) is 7.77. The van der Waals surface area contributed by atoms with Crippen LogP contribution in [-0.4, -0.2) is 31.1 Å². The highest BCUT2D eigenvalue weighted by atomic mass is 19.4. The van der Waals surface area contributed by atoms with Crippen molar-refractivity contribution < 1.29 is 18.1 Å². The lowest BCUT2D eigenvalue weighted by molar-refractivity contribution is -0.384. The summed E-state index contributed by atoms with van der Waals surface area (Å²) < 4.78 is 38.4. The van der Waals surface area contributed by atoms with Gasteiger partial charge in [-0.25, -0.2) is 0 Å². The molecule has 0 radical (unpaired) electrons. The van der Waals surface area contributed by atoms with Crippen molar-refractivity contribution in [3.8, 4) is 0 Å². The van der Waals surface area contributed by atoms with Crippen LogP contribution in [-0.2, 0) is 6.18 Å². The molecular weight excluding hydrogens is 335 g/mol. The number of benzene rings is 2. The second-order valence-electron chi connectivity index (χ2n) is 5.77. The lowest BCUT2D eigenvalue weighted by Crippen LogP contribution is -2.46. The Morgan fingerprint density at radius 2 is 1.52 bits per heavy atom. The average molecular weight is 351 g/mol. The van der Waals surface area contributed by atoms with Gasteiger partial charge in [0.2, 0.25) is 0 Å². The van der Waals surface area contributed by atoms with Gasteiger partial charge in [-0.3, -0.25) is 10.1 Å². The first kappa shape index (κ1) is 17.1. The summed E-state index contributed by atoms with van der Waals surface area (Å²) >= 11 is 0. The van der Waals surface area contributed by atoms with Gasteiger partial charge in [0.05, 0.1) is 10.5 Å². The van der Waals surface area contributed by atoms with Crippen molar-refractivity contribution in [2.75, 3.05) is 36.0 Å². The zero-order chi connectivity index (χ0) is 18.0. The molecule has 0 bridgehead atoms. The van der Waals surface area contributed by atoms with E-state index in [2.05, 4.69) is 4.90 Å². The molecule has 132 valence electrons. The number of hydrogen-bond donors (Lipinski definition) is 0. The molecule has 0 atom stereocenters. The molecule has 8 heteroatoms. The molecule has 1 fully saturated rings. The van der Waals surface area contributed by atoms with Crippen LogP contribution in [0.1, 0.15) is 5.56 Å². The largest absolute Gasteiger partial charge is 0.416 e. The van der Waals surface area contributed by atoms with Gasteiger partial charge in [-0.15, -0.1) is 0 Å². The van der Waals surface area contributed by atoms with Gasteiger partial charge in [-0.1, -0.05) is 18.2 Å². The van der Waals surface area contributed by atoms with E-state index >= 15 is 0 Å². The Bertz CT molecular complexity index is 757. The summed E-state index contributed by atoms with van der Waals surface area (Å²) in [6, 6.07) is 12.5. The number of rotatable bonds is 3. The number of para-hydroxylation sites is 1. The summed E-state index contributed by atoms with van der Waals surface area (Å²) in [5.41, 5.74) is -0.233. The molecule has 1 heterocycles. The van der Waals surface area contributed by atoms with Crippen molar-refractivity contribution in [3.05, 3.63) is 64.2 Å².